The molecule has 2 aromatic carbocycles. The number of rotatable bonds is 8. The topological polar surface area (TPSA) is 23.6 Å². The van der Waals surface area contributed by atoms with E-state index in [1.54, 1.807) is 0 Å². The smallest absolute Gasteiger partial charge is 0.131 e. The van der Waals surface area contributed by atoms with E-state index in [1.165, 1.54) is 11.1 Å². The van der Waals surface area contributed by atoms with E-state index in [0.717, 1.165) is 36.5 Å². The van der Waals surface area contributed by atoms with Crippen LogP contribution >= 0.6 is 7.80 Å². The maximum atomic E-state index is 12.8. The molecule has 0 bridgehead atoms. The largest absolute Gasteiger partial charge is 0.317 e. The molecule has 4 heteroatoms. The summed E-state index contributed by atoms with van der Waals surface area (Å²) in [5.41, 5.74) is 2.59. The Labute approximate surface area is 147 Å². The van der Waals surface area contributed by atoms with Gasteiger partial charge in [-0.05, 0) is 52.2 Å². The highest BCUT2D eigenvalue weighted by molar-refractivity contribution is 7.61. The number of hydrogen-bond acceptors (Lipinski definition) is 3. The van der Waals surface area contributed by atoms with Gasteiger partial charge in [-0.2, -0.15) is 0 Å². The Kier molecular flexibility index (Phi) is 7.23. The van der Waals surface area contributed by atoms with Gasteiger partial charge >= 0.3 is 0 Å². The lowest BCUT2D eigenvalue weighted by molar-refractivity contribution is 0.413. The summed E-state index contributed by atoms with van der Waals surface area (Å²) in [7, 11) is 6.40. The van der Waals surface area contributed by atoms with E-state index in [4.69, 9.17) is 0 Å². The van der Waals surface area contributed by atoms with Crippen molar-refractivity contribution in [2.24, 2.45) is 0 Å². The summed E-state index contributed by atoms with van der Waals surface area (Å²) >= 11 is 0. The molecular formula is C20H29N2OP. The molecule has 0 saturated heterocycles. The van der Waals surface area contributed by atoms with Crippen LogP contribution in [-0.4, -0.2) is 51.1 Å². The minimum absolute atomic E-state index is 0.939. The Morgan fingerprint density at radius 3 is 1.29 bits per heavy atom. The van der Waals surface area contributed by atoms with Gasteiger partial charge in [-0.1, -0.05) is 48.5 Å². The molecule has 0 spiro atoms. The standard InChI is InChI=1S/C20H29N2OP/c1-21(2)15-13-17-5-9-19(10-6-17)24(23)20-11-7-18(8-12-20)14-16-22(3)4/h5-12,24H,13-16H2,1-4H3. The van der Waals surface area contributed by atoms with Crippen molar-refractivity contribution in [3.63, 3.8) is 0 Å². The third-order valence-electron chi connectivity index (χ3n) is 4.13. The molecule has 0 saturated carbocycles. The van der Waals surface area contributed by atoms with Gasteiger partial charge in [0.25, 0.3) is 0 Å². The van der Waals surface area contributed by atoms with E-state index < -0.39 is 7.80 Å². The Morgan fingerprint density at radius 2 is 1.00 bits per heavy atom. The molecule has 0 aliphatic carbocycles. The van der Waals surface area contributed by atoms with Crippen molar-refractivity contribution in [1.29, 1.82) is 0 Å². The van der Waals surface area contributed by atoms with E-state index in [-0.39, 0.29) is 0 Å². The first-order valence-electron chi connectivity index (χ1n) is 8.48. The quantitative estimate of drug-likeness (QED) is 0.687. The van der Waals surface area contributed by atoms with Crippen molar-refractivity contribution in [3.8, 4) is 0 Å². The van der Waals surface area contributed by atoms with Crippen LogP contribution < -0.4 is 10.6 Å². The number of hydrogen-bond donors (Lipinski definition) is 0. The van der Waals surface area contributed by atoms with Crippen LogP contribution in [0.3, 0.4) is 0 Å². The van der Waals surface area contributed by atoms with Crippen LogP contribution in [0, 0.1) is 0 Å². The number of nitrogens with zero attached hydrogens (tertiary/aromatic N) is 2. The SMILES string of the molecule is CN(C)CCc1ccc([PH](=O)c2ccc(CCN(C)C)cc2)cc1. The minimum Gasteiger partial charge on any atom is -0.317 e. The number of likely N-dealkylation sites (N-methyl/N-ethyl adjacent to an activating group) is 2. The molecule has 0 N–H and O–H groups in total. The van der Waals surface area contributed by atoms with E-state index in [1.807, 2.05) is 24.3 Å². The van der Waals surface area contributed by atoms with Gasteiger partial charge in [0.2, 0.25) is 0 Å². The summed E-state index contributed by atoms with van der Waals surface area (Å²) < 4.78 is 12.8. The molecule has 130 valence electrons. The molecule has 2 rings (SSSR count). The third-order valence-corrected chi connectivity index (χ3v) is 5.84. The first-order chi connectivity index (χ1) is 11.5. The van der Waals surface area contributed by atoms with Gasteiger partial charge in [0.05, 0.1) is 0 Å². The summed E-state index contributed by atoms with van der Waals surface area (Å²) in [4.78, 5) is 4.35. The zero-order chi connectivity index (χ0) is 17.5. The highest BCUT2D eigenvalue weighted by Crippen LogP contribution is 2.20. The molecule has 0 aliphatic heterocycles. The van der Waals surface area contributed by atoms with Crippen LogP contribution in [0.1, 0.15) is 11.1 Å². The molecule has 24 heavy (non-hydrogen) atoms. The van der Waals surface area contributed by atoms with Gasteiger partial charge in [-0.25, -0.2) is 0 Å². The third kappa shape index (κ3) is 5.90. The molecule has 0 heterocycles. The fourth-order valence-corrected chi connectivity index (χ4v) is 3.79. The van der Waals surface area contributed by atoms with Crippen LogP contribution in [0.15, 0.2) is 48.5 Å². The molecular weight excluding hydrogens is 315 g/mol. The molecule has 2 aromatic rings. The fraction of sp³-hybridized carbons (Fsp3) is 0.400. The number of benzene rings is 2. The predicted molar refractivity (Wildman–Crippen MR) is 106 cm³/mol. The van der Waals surface area contributed by atoms with Crippen molar-refractivity contribution in [2.45, 2.75) is 12.8 Å². The second-order valence-corrected chi connectivity index (χ2v) is 8.64. The second-order valence-electron chi connectivity index (χ2n) is 6.83. The van der Waals surface area contributed by atoms with Crippen molar-refractivity contribution >= 4 is 18.4 Å². The van der Waals surface area contributed by atoms with Gasteiger partial charge in [-0.3, -0.25) is 0 Å². The predicted octanol–water partition coefficient (Wildman–Crippen LogP) is 2.41. The average molecular weight is 344 g/mol. The van der Waals surface area contributed by atoms with Crippen LogP contribution in [0.5, 0.6) is 0 Å². The van der Waals surface area contributed by atoms with E-state index >= 15 is 0 Å². The summed E-state index contributed by atoms with van der Waals surface area (Å²) in [6.07, 6.45) is 2.05. The van der Waals surface area contributed by atoms with Gasteiger partial charge in [0, 0.05) is 23.7 Å². The first kappa shape index (κ1) is 18.9. The van der Waals surface area contributed by atoms with Crippen molar-refractivity contribution < 1.29 is 4.57 Å². The Hall–Kier alpha value is -1.41. The van der Waals surface area contributed by atoms with Crippen molar-refractivity contribution in [2.75, 3.05) is 41.3 Å². The summed E-state index contributed by atoms with van der Waals surface area (Å²) in [5.74, 6) is 0. The van der Waals surface area contributed by atoms with E-state index in [0.29, 0.717) is 0 Å². The van der Waals surface area contributed by atoms with Gasteiger partial charge in [-0.15, -0.1) is 0 Å². The van der Waals surface area contributed by atoms with Crippen LogP contribution in [0.25, 0.3) is 0 Å². The van der Waals surface area contributed by atoms with Gasteiger partial charge in [0.15, 0.2) is 0 Å². The zero-order valence-electron chi connectivity index (χ0n) is 15.2. The minimum atomic E-state index is -1.91. The molecule has 0 aromatic heterocycles. The second kappa shape index (κ2) is 9.17. The summed E-state index contributed by atoms with van der Waals surface area (Å²) in [5, 5.41) is 1.88. The molecule has 0 aliphatic rings. The van der Waals surface area contributed by atoms with Crippen molar-refractivity contribution in [3.05, 3.63) is 59.7 Å². The maximum absolute atomic E-state index is 12.8. The lowest BCUT2D eigenvalue weighted by Gasteiger charge is -2.10. The highest BCUT2D eigenvalue weighted by Gasteiger charge is 2.07. The molecule has 0 fully saturated rings. The first-order valence-corrected chi connectivity index (χ1v) is 9.88. The lowest BCUT2D eigenvalue weighted by Crippen LogP contribution is -2.15. The zero-order valence-corrected chi connectivity index (χ0v) is 16.2. The molecule has 3 nitrogen and oxygen atoms in total. The van der Waals surface area contributed by atoms with E-state index in [9.17, 15) is 4.57 Å². The molecule has 0 radical (unpaired) electrons. The lowest BCUT2D eigenvalue weighted by atomic mass is 10.1. The molecule has 0 unspecified atom stereocenters. The molecule has 0 amide bonds. The van der Waals surface area contributed by atoms with Gasteiger partial charge in [0.1, 0.15) is 7.80 Å². The maximum Gasteiger partial charge on any atom is 0.131 e. The average Bonchev–Trinajstić information content (AvgIpc) is 2.58. The van der Waals surface area contributed by atoms with Crippen LogP contribution in [-0.2, 0) is 17.4 Å². The molecule has 0 atom stereocenters. The Balaban J connectivity index is 2.00. The fourth-order valence-electron chi connectivity index (χ4n) is 2.52. The van der Waals surface area contributed by atoms with Gasteiger partial charge < -0.3 is 14.4 Å². The normalized spacial score (nSPS) is 11.6. The summed E-state index contributed by atoms with van der Waals surface area (Å²) in [6, 6.07) is 16.5. The highest BCUT2D eigenvalue weighted by atomic mass is 31.1. The monoisotopic (exact) mass is 344 g/mol. The Bertz CT molecular complexity index is 591. The van der Waals surface area contributed by atoms with Crippen LogP contribution in [0.2, 0.25) is 0 Å². The summed E-state index contributed by atoms with van der Waals surface area (Å²) in [6.45, 7) is 2.06. The Morgan fingerprint density at radius 1 is 0.667 bits per heavy atom. The van der Waals surface area contributed by atoms with Crippen molar-refractivity contribution in [1.82, 2.24) is 9.80 Å². The van der Waals surface area contributed by atoms with Crippen LogP contribution in [0.4, 0.5) is 0 Å². The van der Waals surface area contributed by atoms with E-state index in [2.05, 4.69) is 62.3 Å².